The van der Waals surface area contributed by atoms with Crippen LogP contribution in [0.1, 0.15) is 6.92 Å². The topological polar surface area (TPSA) is 89.3 Å². The highest BCUT2D eigenvalue weighted by molar-refractivity contribution is 7.99. The maximum absolute atomic E-state index is 12.1. The van der Waals surface area contributed by atoms with Crippen LogP contribution in [0.5, 0.6) is 0 Å². The van der Waals surface area contributed by atoms with Crippen LogP contribution in [0.3, 0.4) is 0 Å². The van der Waals surface area contributed by atoms with Gasteiger partial charge in [-0.2, -0.15) is 0 Å². The number of carbonyl (C=O) groups excluding carboxylic acids is 1. The number of nitrogens with zero attached hydrogens (tertiary/aromatic N) is 1. The van der Waals surface area contributed by atoms with Crippen LogP contribution in [0.4, 0.5) is 5.69 Å². The lowest BCUT2D eigenvalue weighted by molar-refractivity contribution is -0.113. The molecule has 0 aliphatic carbocycles. The average Bonchev–Trinajstić information content (AvgIpc) is 3.05. The van der Waals surface area contributed by atoms with Crippen molar-refractivity contribution in [3.63, 3.8) is 0 Å². The highest BCUT2D eigenvalue weighted by atomic mass is 35.5. The van der Waals surface area contributed by atoms with Crippen LogP contribution in [0.2, 0.25) is 10.0 Å². The van der Waals surface area contributed by atoms with Crippen molar-refractivity contribution in [1.82, 2.24) is 4.98 Å². The van der Waals surface area contributed by atoms with Crippen molar-refractivity contribution in [2.75, 3.05) is 16.8 Å². The number of amides is 1. The smallest absolute Gasteiger partial charge is 0.257 e. The van der Waals surface area contributed by atoms with Gasteiger partial charge in [0.25, 0.3) is 5.22 Å². The Labute approximate surface area is 170 Å². The molecule has 1 N–H and O–H groups in total. The van der Waals surface area contributed by atoms with Gasteiger partial charge in [-0.25, -0.2) is 13.4 Å². The number of nitrogens with one attached hydrogen (secondary N) is 1. The summed E-state index contributed by atoms with van der Waals surface area (Å²) in [5.41, 5.74) is 1.41. The van der Waals surface area contributed by atoms with E-state index in [2.05, 4.69) is 10.3 Å². The molecule has 0 saturated carbocycles. The molecular formula is C17H14Cl2N2O4S2. The number of halogens is 2. The van der Waals surface area contributed by atoms with Crippen molar-refractivity contribution in [2.24, 2.45) is 0 Å². The number of hydrogen-bond acceptors (Lipinski definition) is 6. The van der Waals surface area contributed by atoms with Gasteiger partial charge in [0.05, 0.1) is 26.4 Å². The van der Waals surface area contributed by atoms with Gasteiger partial charge in [0.1, 0.15) is 5.52 Å². The summed E-state index contributed by atoms with van der Waals surface area (Å²) in [7, 11) is -3.32. The van der Waals surface area contributed by atoms with Crippen LogP contribution >= 0.6 is 35.0 Å². The van der Waals surface area contributed by atoms with Gasteiger partial charge in [-0.15, -0.1) is 0 Å². The van der Waals surface area contributed by atoms with Gasteiger partial charge in [0, 0.05) is 5.69 Å². The van der Waals surface area contributed by atoms with E-state index in [-0.39, 0.29) is 27.5 Å². The molecule has 0 saturated heterocycles. The van der Waals surface area contributed by atoms with Crippen LogP contribution < -0.4 is 5.32 Å². The Hall–Kier alpha value is -1.74. The predicted molar refractivity (Wildman–Crippen MR) is 108 cm³/mol. The molecule has 0 radical (unpaired) electrons. The molecule has 0 atom stereocenters. The molecule has 3 rings (SSSR count). The van der Waals surface area contributed by atoms with E-state index in [0.717, 1.165) is 11.8 Å². The fraction of sp³-hybridized carbons (Fsp3) is 0.176. The second-order valence-corrected chi connectivity index (χ2v) is 9.50. The second-order valence-electron chi connectivity index (χ2n) is 5.48. The summed E-state index contributed by atoms with van der Waals surface area (Å²) in [5, 5.41) is 3.73. The quantitative estimate of drug-likeness (QED) is 0.556. The third kappa shape index (κ3) is 4.76. The fourth-order valence-electron chi connectivity index (χ4n) is 2.21. The second kappa shape index (κ2) is 8.10. The molecule has 1 heterocycles. The molecule has 142 valence electrons. The van der Waals surface area contributed by atoms with Crippen molar-refractivity contribution < 1.29 is 17.6 Å². The standard InChI is InChI=1S/C17H14Cl2N2O4S2/c1-2-27(23,24)11-4-6-15-14(8-11)21-17(25-15)26-9-16(22)20-10-3-5-12(18)13(19)7-10/h3-8H,2,9H2,1H3,(H,20,22). The zero-order valence-corrected chi connectivity index (χ0v) is 17.2. The lowest BCUT2D eigenvalue weighted by Gasteiger charge is -2.05. The molecule has 0 spiro atoms. The Kier molecular flexibility index (Phi) is 6.00. The molecule has 10 heteroatoms. The van der Waals surface area contributed by atoms with Crippen molar-refractivity contribution in [3.05, 3.63) is 46.4 Å². The van der Waals surface area contributed by atoms with Crippen LogP contribution in [-0.4, -0.2) is 30.8 Å². The van der Waals surface area contributed by atoms with E-state index in [1.165, 1.54) is 12.1 Å². The Bertz CT molecular complexity index is 1110. The largest absolute Gasteiger partial charge is 0.431 e. The minimum Gasteiger partial charge on any atom is -0.431 e. The van der Waals surface area contributed by atoms with E-state index in [0.29, 0.717) is 26.8 Å². The van der Waals surface area contributed by atoms with Gasteiger partial charge >= 0.3 is 0 Å². The first-order valence-electron chi connectivity index (χ1n) is 7.79. The SMILES string of the molecule is CCS(=O)(=O)c1ccc2oc(SCC(=O)Nc3ccc(Cl)c(Cl)c3)nc2c1. The van der Waals surface area contributed by atoms with Crippen LogP contribution in [0.15, 0.2) is 50.9 Å². The maximum Gasteiger partial charge on any atom is 0.257 e. The summed E-state index contributed by atoms with van der Waals surface area (Å²) >= 11 is 12.9. The highest BCUT2D eigenvalue weighted by Crippen LogP contribution is 2.27. The zero-order chi connectivity index (χ0) is 19.6. The van der Waals surface area contributed by atoms with Crippen molar-refractivity contribution in [1.29, 1.82) is 0 Å². The first-order valence-corrected chi connectivity index (χ1v) is 11.2. The number of rotatable bonds is 6. The molecule has 0 aliphatic heterocycles. The minimum atomic E-state index is -3.32. The van der Waals surface area contributed by atoms with E-state index in [9.17, 15) is 13.2 Å². The number of aromatic nitrogens is 1. The van der Waals surface area contributed by atoms with E-state index in [1.54, 1.807) is 31.2 Å². The Balaban J connectivity index is 1.67. The number of fused-ring (bicyclic) bond motifs is 1. The fourth-order valence-corrected chi connectivity index (χ4v) is 4.04. The molecule has 0 fully saturated rings. The lowest BCUT2D eigenvalue weighted by Crippen LogP contribution is -2.13. The summed E-state index contributed by atoms with van der Waals surface area (Å²) in [4.78, 5) is 16.5. The van der Waals surface area contributed by atoms with E-state index < -0.39 is 9.84 Å². The number of thioether (sulfide) groups is 1. The Morgan fingerprint density at radius 1 is 1.19 bits per heavy atom. The van der Waals surface area contributed by atoms with Gasteiger partial charge in [0.15, 0.2) is 15.4 Å². The number of sulfone groups is 1. The monoisotopic (exact) mass is 444 g/mol. The summed E-state index contributed by atoms with van der Waals surface area (Å²) < 4.78 is 29.4. The molecule has 1 amide bonds. The van der Waals surface area contributed by atoms with Gasteiger partial charge in [-0.05, 0) is 36.4 Å². The van der Waals surface area contributed by atoms with E-state index in [1.807, 2.05) is 0 Å². The minimum absolute atomic E-state index is 0.00680. The third-order valence-corrected chi connectivity index (χ3v) is 6.91. The molecule has 3 aromatic rings. The van der Waals surface area contributed by atoms with Crippen LogP contribution in [-0.2, 0) is 14.6 Å². The molecule has 2 aromatic carbocycles. The molecule has 1 aromatic heterocycles. The molecule has 0 aliphatic rings. The first kappa shape index (κ1) is 20.0. The number of anilines is 1. The zero-order valence-electron chi connectivity index (χ0n) is 14.0. The third-order valence-electron chi connectivity index (χ3n) is 3.61. The van der Waals surface area contributed by atoms with Crippen LogP contribution in [0.25, 0.3) is 11.1 Å². The summed E-state index contributed by atoms with van der Waals surface area (Å²) in [6.07, 6.45) is 0. The summed E-state index contributed by atoms with van der Waals surface area (Å²) in [5.74, 6) is -0.199. The summed E-state index contributed by atoms with van der Waals surface area (Å²) in [6, 6.07) is 9.31. The summed E-state index contributed by atoms with van der Waals surface area (Å²) in [6.45, 7) is 1.58. The van der Waals surface area contributed by atoms with Crippen LogP contribution in [0, 0.1) is 0 Å². The molecule has 27 heavy (non-hydrogen) atoms. The Morgan fingerprint density at radius 3 is 2.67 bits per heavy atom. The van der Waals surface area contributed by atoms with Crippen molar-refractivity contribution in [3.8, 4) is 0 Å². The number of oxazole rings is 1. The van der Waals surface area contributed by atoms with Crippen molar-refractivity contribution in [2.45, 2.75) is 17.0 Å². The highest BCUT2D eigenvalue weighted by Gasteiger charge is 2.15. The van der Waals surface area contributed by atoms with E-state index >= 15 is 0 Å². The number of benzene rings is 2. The van der Waals surface area contributed by atoms with Gasteiger partial charge in [0.2, 0.25) is 5.91 Å². The predicted octanol–water partition coefficient (Wildman–Crippen LogP) is 4.66. The number of hydrogen-bond donors (Lipinski definition) is 1. The van der Waals surface area contributed by atoms with Gasteiger partial charge in [-0.3, -0.25) is 4.79 Å². The number of carbonyl (C=O) groups is 1. The Morgan fingerprint density at radius 2 is 1.96 bits per heavy atom. The normalized spacial score (nSPS) is 11.7. The molecular weight excluding hydrogens is 431 g/mol. The molecule has 6 nitrogen and oxygen atoms in total. The molecule has 0 unspecified atom stereocenters. The first-order chi connectivity index (χ1) is 12.8. The van der Waals surface area contributed by atoms with E-state index in [4.69, 9.17) is 27.6 Å². The average molecular weight is 445 g/mol. The van der Waals surface area contributed by atoms with Gasteiger partial charge in [-0.1, -0.05) is 41.9 Å². The molecule has 0 bridgehead atoms. The lowest BCUT2D eigenvalue weighted by atomic mass is 10.3. The van der Waals surface area contributed by atoms with Crippen molar-refractivity contribution >= 4 is 67.5 Å². The van der Waals surface area contributed by atoms with Gasteiger partial charge < -0.3 is 9.73 Å². The maximum atomic E-state index is 12.1.